The number of hydrogen-bond acceptors (Lipinski definition) is 3. The molecule has 0 radical (unpaired) electrons. The maximum atomic E-state index is 12.1. The zero-order valence-corrected chi connectivity index (χ0v) is 10.6. The number of amides is 1. The van der Waals surface area contributed by atoms with Gasteiger partial charge in [0.15, 0.2) is 0 Å². The number of carbonyl (C=O) groups excluding carboxylic acids is 1. The van der Waals surface area contributed by atoms with Crippen LogP contribution >= 0.6 is 0 Å². The molecule has 0 spiro atoms. The van der Waals surface area contributed by atoms with E-state index in [0.29, 0.717) is 5.56 Å². The largest absolute Gasteiger partial charge is 0.435 e. The molecular formula is C13H14F2N2O2. The van der Waals surface area contributed by atoms with Crippen molar-refractivity contribution in [3.8, 4) is 11.8 Å². The monoisotopic (exact) mass is 268 g/mol. The minimum Gasteiger partial charge on any atom is -0.435 e. The van der Waals surface area contributed by atoms with Crippen molar-refractivity contribution in [3.05, 3.63) is 29.8 Å². The van der Waals surface area contributed by atoms with Crippen LogP contribution in [-0.4, -0.2) is 30.0 Å². The van der Waals surface area contributed by atoms with Crippen molar-refractivity contribution in [1.82, 2.24) is 4.90 Å². The van der Waals surface area contributed by atoms with Gasteiger partial charge in [-0.2, -0.15) is 14.0 Å². The highest BCUT2D eigenvalue weighted by Gasteiger charge is 2.18. The van der Waals surface area contributed by atoms with Crippen LogP contribution in [0.25, 0.3) is 0 Å². The Labute approximate surface area is 110 Å². The molecule has 0 bridgehead atoms. The first-order valence-corrected chi connectivity index (χ1v) is 5.68. The van der Waals surface area contributed by atoms with Crippen molar-refractivity contribution in [3.63, 3.8) is 0 Å². The van der Waals surface area contributed by atoms with E-state index in [0.717, 1.165) is 0 Å². The Morgan fingerprint density at radius 1 is 1.37 bits per heavy atom. The molecule has 0 aliphatic carbocycles. The van der Waals surface area contributed by atoms with Crippen LogP contribution in [0.4, 0.5) is 8.78 Å². The molecule has 1 aromatic rings. The molecule has 4 nitrogen and oxygen atoms in total. The summed E-state index contributed by atoms with van der Waals surface area (Å²) in [6, 6.07) is 7.18. The number of nitrogens with zero attached hydrogens (tertiary/aromatic N) is 2. The zero-order valence-electron chi connectivity index (χ0n) is 10.6. The van der Waals surface area contributed by atoms with E-state index < -0.39 is 6.61 Å². The lowest BCUT2D eigenvalue weighted by atomic mass is 10.1. The summed E-state index contributed by atoms with van der Waals surface area (Å²) in [6.07, 6.45) is 0. The van der Waals surface area contributed by atoms with Crippen molar-refractivity contribution < 1.29 is 18.3 Å². The summed E-state index contributed by atoms with van der Waals surface area (Å²) in [4.78, 5) is 13.5. The number of ether oxygens (including phenoxy) is 1. The molecule has 102 valence electrons. The number of carbonyl (C=O) groups is 1. The smallest absolute Gasteiger partial charge is 0.387 e. The average molecular weight is 268 g/mol. The van der Waals surface area contributed by atoms with Gasteiger partial charge in [0, 0.05) is 11.6 Å². The third-order valence-electron chi connectivity index (χ3n) is 2.45. The van der Waals surface area contributed by atoms with Gasteiger partial charge in [-0.05, 0) is 38.1 Å². The van der Waals surface area contributed by atoms with Crippen molar-refractivity contribution in [2.75, 3.05) is 6.54 Å². The molecule has 1 aromatic carbocycles. The van der Waals surface area contributed by atoms with Crippen molar-refractivity contribution in [1.29, 1.82) is 5.26 Å². The second-order valence-corrected chi connectivity index (χ2v) is 4.09. The van der Waals surface area contributed by atoms with Crippen LogP contribution in [-0.2, 0) is 0 Å². The molecule has 0 saturated heterocycles. The van der Waals surface area contributed by atoms with Gasteiger partial charge in [0.05, 0.1) is 6.07 Å². The summed E-state index contributed by atoms with van der Waals surface area (Å²) in [5, 5.41) is 8.68. The normalized spacial score (nSPS) is 10.4. The summed E-state index contributed by atoms with van der Waals surface area (Å²) >= 11 is 0. The van der Waals surface area contributed by atoms with Crippen LogP contribution < -0.4 is 4.74 Å². The molecule has 6 heteroatoms. The van der Waals surface area contributed by atoms with Gasteiger partial charge in [-0.1, -0.05) is 0 Å². The Bertz CT molecular complexity index is 467. The van der Waals surface area contributed by atoms with E-state index in [9.17, 15) is 13.6 Å². The van der Waals surface area contributed by atoms with Crippen LogP contribution in [0.3, 0.4) is 0 Å². The topological polar surface area (TPSA) is 53.3 Å². The van der Waals surface area contributed by atoms with Crippen molar-refractivity contribution in [2.24, 2.45) is 0 Å². The molecular weight excluding hydrogens is 254 g/mol. The lowest BCUT2D eigenvalue weighted by molar-refractivity contribution is -0.0498. The minimum absolute atomic E-state index is 0.0112. The fourth-order valence-electron chi connectivity index (χ4n) is 1.51. The SMILES string of the molecule is CC(C)N(CC#N)C(=O)c1ccc(OC(F)F)cc1. The van der Waals surface area contributed by atoms with E-state index in [1.165, 1.54) is 29.2 Å². The molecule has 19 heavy (non-hydrogen) atoms. The quantitative estimate of drug-likeness (QED) is 0.771. The maximum absolute atomic E-state index is 12.1. The lowest BCUT2D eigenvalue weighted by Gasteiger charge is -2.23. The van der Waals surface area contributed by atoms with Crippen LogP contribution in [0.2, 0.25) is 0 Å². The summed E-state index contributed by atoms with van der Waals surface area (Å²) in [6.45, 7) is 0.672. The molecule has 0 saturated carbocycles. The van der Waals surface area contributed by atoms with Gasteiger partial charge in [-0.25, -0.2) is 0 Å². The second kappa shape index (κ2) is 6.69. The van der Waals surface area contributed by atoms with E-state index in [2.05, 4.69) is 4.74 Å². The summed E-state index contributed by atoms with van der Waals surface area (Å²) in [7, 11) is 0. The number of alkyl halides is 2. The van der Waals surface area contributed by atoms with Gasteiger partial charge in [0.2, 0.25) is 0 Å². The van der Waals surface area contributed by atoms with E-state index in [-0.39, 0.29) is 24.2 Å². The van der Waals surface area contributed by atoms with Gasteiger partial charge >= 0.3 is 6.61 Å². The number of benzene rings is 1. The molecule has 0 heterocycles. The van der Waals surface area contributed by atoms with Gasteiger partial charge in [0.1, 0.15) is 12.3 Å². The Kier molecular flexibility index (Phi) is 5.24. The average Bonchev–Trinajstić information content (AvgIpc) is 2.35. The van der Waals surface area contributed by atoms with E-state index in [4.69, 9.17) is 5.26 Å². The summed E-state index contributed by atoms with van der Waals surface area (Å²) < 4.78 is 28.2. The minimum atomic E-state index is -2.90. The Morgan fingerprint density at radius 2 is 1.95 bits per heavy atom. The first-order valence-electron chi connectivity index (χ1n) is 5.68. The molecule has 0 aromatic heterocycles. The molecule has 0 N–H and O–H groups in total. The predicted octanol–water partition coefficient (Wildman–Crippen LogP) is 2.66. The number of nitriles is 1. The number of halogens is 2. The Hall–Kier alpha value is -2.16. The Balaban J connectivity index is 2.85. The summed E-state index contributed by atoms with van der Waals surface area (Å²) in [5.41, 5.74) is 0.325. The van der Waals surface area contributed by atoms with Crippen molar-refractivity contribution >= 4 is 5.91 Å². The van der Waals surface area contributed by atoms with E-state index in [1.807, 2.05) is 6.07 Å². The zero-order chi connectivity index (χ0) is 14.4. The molecule has 0 aliphatic heterocycles. The Morgan fingerprint density at radius 3 is 2.37 bits per heavy atom. The number of rotatable bonds is 5. The molecule has 0 atom stereocenters. The number of hydrogen-bond donors (Lipinski definition) is 0. The fourth-order valence-corrected chi connectivity index (χ4v) is 1.51. The first kappa shape index (κ1) is 14.9. The predicted molar refractivity (Wildman–Crippen MR) is 64.9 cm³/mol. The highest BCUT2D eigenvalue weighted by Crippen LogP contribution is 2.16. The molecule has 1 rings (SSSR count). The van der Waals surface area contributed by atoms with E-state index in [1.54, 1.807) is 13.8 Å². The van der Waals surface area contributed by atoms with Gasteiger partial charge in [-0.15, -0.1) is 0 Å². The maximum Gasteiger partial charge on any atom is 0.387 e. The van der Waals surface area contributed by atoms with Crippen LogP contribution in [0.5, 0.6) is 5.75 Å². The summed E-state index contributed by atoms with van der Waals surface area (Å²) in [5.74, 6) is -0.330. The second-order valence-electron chi connectivity index (χ2n) is 4.09. The highest BCUT2D eigenvalue weighted by atomic mass is 19.3. The molecule has 0 aliphatic rings. The van der Waals surface area contributed by atoms with Crippen LogP contribution in [0, 0.1) is 11.3 Å². The van der Waals surface area contributed by atoms with Gasteiger partial charge < -0.3 is 9.64 Å². The molecule has 0 unspecified atom stereocenters. The van der Waals surface area contributed by atoms with Crippen LogP contribution in [0.15, 0.2) is 24.3 Å². The first-order chi connectivity index (χ1) is 8.95. The highest BCUT2D eigenvalue weighted by molar-refractivity contribution is 5.94. The third-order valence-corrected chi connectivity index (χ3v) is 2.45. The molecule has 1 amide bonds. The van der Waals surface area contributed by atoms with Gasteiger partial charge in [0.25, 0.3) is 5.91 Å². The van der Waals surface area contributed by atoms with Crippen molar-refractivity contribution in [2.45, 2.75) is 26.5 Å². The standard InChI is InChI=1S/C13H14F2N2O2/c1-9(2)17(8-7-16)12(18)10-3-5-11(6-4-10)19-13(14)15/h3-6,9,13H,8H2,1-2H3. The third kappa shape index (κ3) is 4.21. The van der Waals surface area contributed by atoms with E-state index >= 15 is 0 Å². The van der Waals surface area contributed by atoms with Gasteiger partial charge in [-0.3, -0.25) is 4.79 Å². The molecule has 0 fully saturated rings. The lowest BCUT2D eigenvalue weighted by Crippen LogP contribution is -2.37. The fraction of sp³-hybridized carbons (Fsp3) is 0.385. The van der Waals surface area contributed by atoms with Crippen LogP contribution in [0.1, 0.15) is 24.2 Å².